The van der Waals surface area contributed by atoms with Crippen molar-refractivity contribution in [3.63, 3.8) is 0 Å². The van der Waals surface area contributed by atoms with Gasteiger partial charge in [0.25, 0.3) is 0 Å². The molecule has 0 radical (unpaired) electrons. The van der Waals surface area contributed by atoms with Crippen LogP contribution in [-0.4, -0.2) is 19.1 Å². The fourth-order valence-electron chi connectivity index (χ4n) is 3.21. The minimum Gasteiger partial charge on any atom is -0.371 e. The van der Waals surface area contributed by atoms with Crippen molar-refractivity contribution in [1.82, 2.24) is 0 Å². The lowest BCUT2D eigenvalue weighted by Crippen LogP contribution is -2.38. The van der Waals surface area contributed by atoms with Gasteiger partial charge in [-0.15, -0.1) is 0 Å². The summed E-state index contributed by atoms with van der Waals surface area (Å²) in [5.74, 6) is 0. The van der Waals surface area contributed by atoms with Crippen LogP contribution < -0.4 is 10.6 Å². The monoisotopic (exact) mass is 274 g/mol. The van der Waals surface area contributed by atoms with Crippen LogP contribution in [0.4, 0.5) is 5.69 Å². The summed E-state index contributed by atoms with van der Waals surface area (Å²) in [6.07, 6.45) is 4.89. The molecular weight excluding hydrogens is 244 g/mol. The van der Waals surface area contributed by atoms with Gasteiger partial charge in [-0.2, -0.15) is 0 Å². The van der Waals surface area contributed by atoms with Crippen molar-refractivity contribution in [1.29, 1.82) is 0 Å². The first-order valence-electron chi connectivity index (χ1n) is 8.03. The van der Waals surface area contributed by atoms with E-state index in [0.717, 1.165) is 6.42 Å². The zero-order valence-electron chi connectivity index (χ0n) is 13.6. The van der Waals surface area contributed by atoms with E-state index in [9.17, 15) is 0 Å². The molecule has 1 unspecified atom stereocenters. The Hall–Kier alpha value is -1.02. The number of piperidine rings is 1. The van der Waals surface area contributed by atoms with E-state index in [-0.39, 0.29) is 6.04 Å². The molecule has 0 aliphatic carbocycles. The Bertz CT molecular complexity index is 443. The van der Waals surface area contributed by atoms with E-state index in [1.165, 1.54) is 49.2 Å². The molecule has 1 fully saturated rings. The van der Waals surface area contributed by atoms with E-state index in [1.54, 1.807) is 0 Å². The quantitative estimate of drug-likeness (QED) is 0.902. The van der Waals surface area contributed by atoms with Gasteiger partial charge in [0.15, 0.2) is 0 Å². The van der Waals surface area contributed by atoms with Crippen LogP contribution in [-0.2, 0) is 6.42 Å². The van der Waals surface area contributed by atoms with Crippen molar-refractivity contribution >= 4 is 5.69 Å². The van der Waals surface area contributed by atoms with Crippen LogP contribution in [0.25, 0.3) is 0 Å². The van der Waals surface area contributed by atoms with Crippen molar-refractivity contribution in [2.45, 2.75) is 59.4 Å². The summed E-state index contributed by atoms with van der Waals surface area (Å²) >= 11 is 0. The predicted molar refractivity (Wildman–Crippen MR) is 88.4 cm³/mol. The molecule has 1 aromatic carbocycles. The van der Waals surface area contributed by atoms with Gasteiger partial charge in [0, 0.05) is 24.8 Å². The number of nitrogens with two attached hydrogens (primary N) is 1. The van der Waals surface area contributed by atoms with E-state index in [2.05, 4.69) is 50.8 Å². The molecule has 0 amide bonds. The summed E-state index contributed by atoms with van der Waals surface area (Å²) in [6, 6.07) is 7.09. The van der Waals surface area contributed by atoms with Crippen LogP contribution >= 0.6 is 0 Å². The molecule has 112 valence electrons. The molecule has 1 aromatic rings. The molecule has 2 nitrogen and oxygen atoms in total. The molecule has 20 heavy (non-hydrogen) atoms. The summed E-state index contributed by atoms with van der Waals surface area (Å²) in [4.78, 5) is 2.56. The van der Waals surface area contributed by atoms with E-state index < -0.39 is 0 Å². The fraction of sp³-hybridized carbons (Fsp3) is 0.667. The van der Waals surface area contributed by atoms with Crippen LogP contribution in [0, 0.1) is 12.3 Å². The van der Waals surface area contributed by atoms with Crippen molar-refractivity contribution in [3.05, 3.63) is 29.3 Å². The highest BCUT2D eigenvalue weighted by atomic mass is 15.1. The average Bonchev–Trinajstić information content (AvgIpc) is 2.40. The van der Waals surface area contributed by atoms with Gasteiger partial charge in [-0.3, -0.25) is 0 Å². The number of rotatable bonds is 4. The summed E-state index contributed by atoms with van der Waals surface area (Å²) in [7, 11) is 0. The van der Waals surface area contributed by atoms with Gasteiger partial charge in [-0.05, 0) is 55.7 Å². The van der Waals surface area contributed by atoms with Crippen molar-refractivity contribution in [2.75, 3.05) is 18.0 Å². The smallest absolute Gasteiger partial charge is 0.0396 e. The molecular formula is C18H30N2. The zero-order valence-corrected chi connectivity index (χ0v) is 13.6. The molecule has 2 N–H and O–H groups in total. The van der Waals surface area contributed by atoms with Crippen LogP contribution in [0.2, 0.25) is 0 Å². The van der Waals surface area contributed by atoms with Crippen LogP contribution in [0.1, 0.15) is 51.2 Å². The Morgan fingerprint density at radius 2 is 1.95 bits per heavy atom. The number of nitrogens with zero attached hydrogens (tertiary/aromatic N) is 1. The molecule has 0 spiro atoms. The number of anilines is 1. The Balaban J connectivity index is 2.07. The van der Waals surface area contributed by atoms with E-state index in [4.69, 9.17) is 5.73 Å². The zero-order chi connectivity index (χ0) is 14.8. The second-order valence-electron chi connectivity index (χ2n) is 6.95. The average molecular weight is 274 g/mol. The molecule has 1 saturated heterocycles. The predicted octanol–water partition coefficient (Wildman–Crippen LogP) is 3.90. The van der Waals surface area contributed by atoms with Crippen molar-refractivity contribution < 1.29 is 0 Å². The van der Waals surface area contributed by atoms with Gasteiger partial charge in [0.1, 0.15) is 0 Å². The van der Waals surface area contributed by atoms with Gasteiger partial charge in [0.2, 0.25) is 0 Å². The van der Waals surface area contributed by atoms with E-state index in [0.29, 0.717) is 5.41 Å². The number of hydrogen-bond acceptors (Lipinski definition) is 2. The van der Waals surface area contributed by atoms with Gasteiger partial charge in [-0.1, -0.05) is 32.4 Å². The van der Waals surface area contributed by atoms with Gasteiger partial charge in [-0.25, -0.2) is 0 Å². The highest BCUT2D eigenvalue weighted by Crippen LogP contribution is 2.36. The SMILES string of the molecule is CCC1(C)CCN(c2ccc(CC(C)N)cc2C)CC1. The molecule has 1 aliphatic heterocycles. The molecule has 1 atom stereocenters. The topological polar surface area (TPSA) is 29.3 Å². The summed E-state index contributed by atoms with van der Waals surface area (Å²) < 4.78 is 0. The first-order valence-corrected chi connectivity index (χ1v) is 8.03. The van der Waals surface area contributed by atoms with Crippen LogP contribution in [0.5, 0.6) is 0 Å². The maximum absolute atomic E-state index is 5.89. The summed E-state index contributed by atoms with van der Waals surface area (Å²) in [6.45, 7) is 11.4. The number of hydrogen-bond donors (Lipinski definition) is 1. The lowest BCUT2D eigenvalue weighted by molar-refractivity contribution is 0.238. The fourth-order valence-corrected chi connectivity index (χ4v) is 3.21. The normalized spacial score (nSPS) is 19.9. The van der Waals surface area contributed by atoms with Crippen LogP contribution in [0.15, 0.2) is 18.2 Å². The minimum atomic E-state index is 0.237. The van der Waals surface area contributed by atoms with Gasteiger partial charge in [0.05, 0.1) is 0 Å². The molecule has 2 heteroatoms. The third-order valence-corrected chi connectivity index (χ3v) is 4.98. The largest absolute Gasteiger partial charge is 0.371 e. The van der Waals surface area contributed by atoms with E-state index in [1.807, 2.05) is 0 Å². The standard InChI is InChI=1S/C18H30N2/c1-5-18(4)8-10-20(11-9-18)17-7-6-16(12-14(17)2)13-15(3)19/h6-7,12,15H,5,8-11,13,19H2,1-4H3. The molecule has 0 bridgehead atoms. The van der Waals surface area contributed by atoms with Crippen molar-refractivity contribution in [2.24, 2.45) is 11.1 Å². The molecule has 1 aliphatic rings. The first kappa shape index (κ1) is 15.4. The lowest BCUT2D eigenvalue weighted by atomic mass is 9.78. The summed E-state index contributed by atoms with van der Waals surface area (Å²) in [5, 5.41) is 0. The Morgan fingerprint density at radius 3 is 2.45 bits per heavy atom. The Kier molecular flexibility index (Phi) is 4.74. The minimum absolute atomic E-state index is 0.237. The van der Waals surface area contributed by atoms with Crippen molar-refractivity contribution in [3.8, 4) is 0 Å². The third kappa shape index (κ3) is 3.54. The number of benzene rings is 1. The van der Waals surface area contributed by atoms with Crippen LogP contribution in [0.3, 0.4) is 0 Å². The van der Waals surface area contributed by atoms with E-state index >= 15 is 0 Å². The maximum atomic E-state index is 5.89. The second-order valence-corrected chi connectivity index (χ2v) is 6.95. The molecule has 0 saturated carbocycles. The molecule has 1 heterocycles. The second kappa shape index (κ2) is 6.17. The molecule has 2 rings (SSSR count). The Morgan fingerprint density at radius 1 is 1.30 bits per heavy atom. The first-order chi connectivity index (χ1) is 9.43. The summed E-state index contributed by atoms with van der Waals surface area (Å²) in [5.41, 5.74) is 10.6. The molecule has 0 aromatic heterocycles. The number of aryl methyl sites for hydroxylation is 1. The highest BCUT2D eigenvalue weighted by molar-refractivity contribution is 5.55. The van der Waals surface area contributed by atoms with Gasteiger partial charge >= 0.3 is 0 Å². The lowest BCUT2D eigenvalue weighted by Gasteiger charge is -2.40. The Labute approximate surface area is 124 Å². The highest BCUT2D eigenvalue weighted by Gasteiger charge is 2.28. The third-order valence-electron chi connectivity index (χ3n) is 4.98. The maximum Gasteiger partial charge on any atom is 0.0396 e. The van der Waals surface area contributed by atoms with Gasteiger partial charge < -0.3 is 10.6 Å².